The number of aromatic nitrogens is 3. The second-order valence-electron chi connectivity index (χ2n) is 6.39. The van der Waals surface area contributed by atoms with Crippen LogP contribution in [-0.4, -0.2) is 15.0 Å². The molecule has 0 aliphatic carbocycles. The average molecular weight is 368 g/mol. The van der Waals surface area contributed by atoms with Crippen molar-refractivity contribution in [2.75, 3.05) is 5.73 Å². The molecule has 6 nitrogen and oxygen atoms in total. The van der Waals surface area contributed by atoms with E-state index in [1.807, 2.05) is 60.7 Å². The molecule has 0 atom stereocenters. The smallest absolute Gasteiger partial charge is 0.223 e. The maximum Gasteiger partial charge on any atom is 0.223 e. The summed E-state index contributed by atoms with van der Waals surface area (Å²) in [6.45, 7) is 0.394. The van der Waals surface area contributed by atoms with Gasteiger partial charge in [-0.1, -0.05) is 42.5 Å². The van der Waals surface area contributed by atoms with Crippen LogP contribution in [0.15, 0.2) is 77.3 Å². The van der Waals surface area contributed by atoms with Crippen LogP contribution in [0.5, 0.6) is 5.88 Å². The van der Waals surface area contributed by atoms with Gasteiger partial charge in [0, 0.05) is 23.0 Å². The van der Waals surface area contributed by atoms with Crippen LogP contribution in [0, 0.1) is 0 Å². The van der Waals surface area contributed by atoms with Crippen molar-refractivity contribution < 1.29 is 9.15 Å². The number of nitrogens with zero attached hydrogens (tertiary/aromatic N) is 3. The molecule has 136 valence electrons. The fourth-order valence-corrected chi connectivity index (χ4v) is 3.13. The normalized spacial score (nSPS) is 11.1. The average Bonchev–Trinajstić information content (AvgIpc) is 3.18. The molecule has 0 radical (unpaired) electrons. The lowest BCUT2D eigenvalue weighted by atomic mass is 10.2. The number of hydrogen-bond donors (Lipinski definition) is 1. The molecule has 2 aromatic carbocycles. The fourth-order valence-electron chi connectivity index (χ4n) is 3.13. The van der Waals surface area contributed by atoms with Gasteiger partial charge in [0.05, 0.1) is 5.52 Å². The highest BCUT2D eigenvalue weighted by molar-refractivity contribution is 6.03. The summed E-state index contributed by atoms with van der Waals surface area (Å²) in [5, 5.41) is 1.85. The standard InChI is InChI=1S/C22H16N4O2/c23-22-25-18(11-20(26-22)27-13-14-6-2-1-3-7-14)19-10-15-12-24-17-9-5-4-8-16(17)21(15)28-19/h1-12H,13H2,(H2,23,25,26). The third-order valence-electron chi connectivity index (χ3n) is 4.45. The number of hydrogen-bond acceptors (Lipinski definition) is 6. The van der Waals surface area contributed by atoms with Crippen LogP contribution in [0.25, 0.3) is 33.3 Å². The van der Waals surface area contributed by atoms with E-state index in [9.17, 15) is 0 Å². The van der Waals surface area contributed by atoms with Gasteiger partial charge in [-0.2, -0.15) is 4.98 Å². The molecular weight excluding hydrogens is 352 g/mol. The Bertz CT molecular complexity index is 1280. The van der Waals surface area contributed by atoms with E-state index in [1.165, 1.54) is 0 Å². The van der Waals surface area contributed by atoms with E-state index in [4.69, 9.17) is 14.9 Å². The van der Waals surface area contributed by atoms with Gasteiger partial charge in [0.25, 0.3) is 0 Å². The number of benzene rings is 2. The Morgan fingerprint density at radius 3 is 2.64 bits per heavy atom. The van der Waals surface area contributed by atoms with Crippen LogP contribution < -0.4 is 10.5 Å². The Morgan fingerprint density at radius 2 is 1.75 bits per heavy atom. The Kier molecular flexibility index (Phi) is 3.87. The van der Waals surface area contributed by atoms with Crippen molar-refractivity contribution >= 4 is 27.8 Å². The van der Waals surface area contributed by atoms with Crippen molar-refractivity contribution in [1.29, 1.82) is 0 Å². The van der Waals surface area contributed by atoms with E-state index in [1.54, 1.807) is 12.3 Å². The first-order valence-corrected chi connectivity index (χ1v) is 8.85. The van der Waals surface area contributed by atoms with E-state index in [-0.39, 0.29) is 5.95 Å². The van der Waals surface area contributed by atoms with Crippen LogP contribution >= 0.6 is 0 Å². The predicted molar refractivity (Wildman–Crippen MR) is 108 cm³/mol. The summed E-state index contributed by atoms with van der Waals surface area (Å²) in [7, 11) is 0. The Balaban J connectivity index is 1.52. The quantitative estimate of drug-likeness (QED) is 0.499. The van der Waals surface area contributed by atoms with E-state index in [2.05, 4.69) is 15.0 Å². The van der Waals surface area contributed by atoms with Gasteiger partial charge in [0.1, 0.15) is 17.9 Å². The fraction of sp³-hybridized carbons (Fsp3) is 0.0455. The number of anilines is 1. The van der Waals surface area contributed by atoms with E-state index in [0.29, 0.717) is 23.9 Å². The highest BCUT2D eigenvalue weighted by atomic mass is 16.5. The van der Waals surface area contributed by atoms with Crippen LogP contribution in [0.1, 0.15) is 5.56 Å². The second-order valence-corrected chi connectivity index (χ2v) is 6.39. The molecule has 6 heteroatoms. The Morgan fingerprint density at radius 1 is 0.929 bits per heavy atom. The molecule has 0 spiro atoms. The Hall–Kier alpha value is -3.93. The van der Waals surface area contributed by atoms with Gasteiger partial charge >= 0.3 is 0 Å². The van der Waals surface area contributed by atoms with Crippen LogP contribution in [0.3, 0.4) is 0 Å². The summed E-state index contributed by atoms with van der Waals surface area (Å²) < 4.78 is 11.9. The number of nitrogen functional groups attached to an aromatic ring is 1. The molecule has 5 rings (SSSR count). The SMILES string of the molecule is Nc1nc(OCc2ccccc2)cc(-c2cc3cnc4ccccc4c3o2)n1. The molecule has 0 aliphatic heterocycles. The number of nitrogens with two attached hydrogens (primary N) is 1. The maximum atomic E-state index is 6.10. The molecule has 3 heterocycles. The van der Waals surface area contributed by atoms with Crippen LogP contribution in [0.2, 0.25) is 0 Å². The molecule has 3 aromatic heterocycles. The molecule has 0 fully saturated rings. The zero-order chi connectivity index (χ0) is 18.9. The van der Waals surface area contributed by atoms with Gasteiger partial charge in [0.2, 0.25) is 11.8 Å². The maximum absolute atomic E-state index is 6.10. The largest absolute Gasteiger partial charge is 0.473 e. The van der Waals surface area contributed by atoms with Crippen LogP contribution in [0.4, 0.5) is 5.95 Å². The van der Waals surface area contributed by atoms with Crippen molar-refractivity contribution in [3.8, 4) is 17.3 Å². The van der Waals surface area contributed by atoms with Gasteiger partial charge in [-0.05, 0) is 23.8 Å². The number of ether oxygens (including phenoxy) is 1. The molecule has 0 unspecified atom stereocenters. The van der Waals surface area contributed by atoms with Gasteiger partial charge < -0.3 is 14.9 Å². The lowest BCUT2D eigenvalue weighted by Gasteiger charge is -2.07. The number of rotatable bonds is 4. The third kappa shape index (κ3) is 3.01. The summed E-state index contributed by atoms with van der Waals surface area (Å²) in [5.41, 5.74) is 9.15. The monoisotopic (exact) mass is 368 g/mol. The lowest BCUT2D eigenvalue weighted by Crippen LogP contribution is -2.02. The molecule has 2 N–H and O–H groups in total. The van der Waals surface area contributed by atoms with Gasteiger partial charge in [-0.3, -0.25) is 4.98 Å². The number of furan rings is 1. The second kappa shape index (κ2) is 6.66. The summed E-state index contributed by atoms with van der Waals surface area (Å²) in [5.74, 6) is 1.12. The molecule has 0 saturated carbocycles. The highest BCUT2D eigenvalue weighted by Crippen LogP contribution is 2.32. The first-order valence-electron chi connectivity index (χ1n) is 8.85. The van der Waals surface area contributed by atoms with Crippen molar-refractivity contribution in [2.45, 2.75) is 6.61 Å². The summed E-state index contributed by atoms with van der Waals surface area (Å²) in [4.78, 5) is 12.9. The molecule has 0 aliphatic rings. The molecule has 0 bridgehead atoms. The summed E-state index contributed by atoms with van der Waals surface area (Å²) in [6.07, 6.45) is 1.79. The van der Waals surface area contributed by atoms with E-state index in [0.717, 1.165) is 27.4 Å². The van der Waals surface area contributed by atoms with Crippen molar-refractivity contribution in [2.24, 2.45) is 0 Å². The third-order valence-corrected chi connectivity index (χ3v) is 4.45. The first-order chi connectivity index (χ1) is 13.8. The number of para-hydroxylation sites is 1. The van der Waals surface area contributed by atoms with Gasteiger partial charge in [0.15, 0.2) is 5.76 Å². The number of fused-ring (bicyclic) bond motifs is 3. The highest BCUT2D eigenvalue weighted by Gasteiger charge is 2.13. The number of pyridine rings is 1. The van der Waals surface area contributed by atoms with Crippen molar-refractivity contribution in [3.05, 3.63) is 78.5 Å². The van der Waals surface area contributed by atoms with Crippen LogP contribution in [-0.2, 0) is 6.61 Å². The molecule has 0 saturated heterocycles. The zero-order valence-electron chi connectivity index (χ0n) is 14.9. The summed E-state index contributed by atoms with van der Waals surface area (Å²) in [6, 6.07) is 21.4. The van der Waals surface area contributed by atoms with Gasteiger partial charge in [-0.15, -0.1) is 0 Å². The lowest BCUT2D eigenvalue weighted by molar-refractivity contribution is 0.294. The van der Waals surface area contributed by atoms with Crippen molar-refractivity contribution in [3.63, 3.8) is 0 Å². The minimum Gasteiger partial charge on any atom is -0.473 e. The summed E-state index contributed by atoms with van der Waals surface area (Å²) >= 11 is 0. The van der Waals surface area contributed by atoms with E-state index < -0.39 is 0 Å². The molecule has 5 aromatic rings. The zero-order valence-corrected chi connectivity index (χ0v) is 14.9. The minimum atomic E-state index is 0.129. The predicted octanol–water partition coefficient (Wildman–Crippen LogP) is 4.60. The molecule has 0 amide bonds. The van der Waals surface area contributed by atoms with E-state index >= 15 is 0 Å². The minimum absolute atomic E-state index is 0.129. The topological polar surface area (TPSA) is 87.1 Å². The first kappa shape index (κ1) is 16.3. The van der Waals surface area contributed by atoms with Gasteiger partial charge in [-0.25, -0.2) is 4.98 Å². The van der Waals surface area contributed by atoms with Crippen molar-refractivity contribution in [1.82, 2.24) is 15.0 Å². The molecular formula is C22H16N4O2. The molecule has 28 heavy (non-hydrogen) atoms. The Labute approximate surface area is 160 Å².